The lowest BCUT2D eigenvalue weighted by Gasteiger charge is -2.38. The Morgan fingerprint density at radius 2 is 1.16 bits per heavy atom. The molecule has 2 saturated carbocycles. The van der Waals surface area contributed by atoms with Gasteiger partial charge in [0.15, 0.2) is 18.1 Å². The molecular weight excluding hydrogens is 264 g/mol. The molecule has 2 rings (SSSR count). The van der Waals surface area contributed by atoms with E-state index in [4.69, 9.17) is 4.12 Å². The van der Waals surface area contributed by atoms with Gasteiger partial charge in [-0.3, -0.25) is 0 Å². The Bertz CT molecular complexity index is 213. The number of hydrogen-bond donors (Lipinski definition) is 0. The molecule has 0 bridgehead atoms. The molecule has 19 heavy (non-hydrogen) atoms. The summed E-state index contributed by atoms with van der Waals surface area (Å²) in [5.41, 5.74) is 2.09. The van der Waals surface area contributed by atoms with Crippen molar-refractivity contribution >= 4 is 18.1 Å². The molecule has 0 saturated heterocycles. The first-order valence-electron chi connectivity index (χ1n) is 9.00. The molecule has 0 aromatic rings. The second kappa shape index (κ2) is 8.63. The Balaban J connectivity index is 1.97. The van der Waals surface area contributed by atoms with Gasteiger partial charge in [0.25, 0.3) is 0 Å². The van der Waals surface area contributed by atoms with Crippen molar-refractivity contribution in [1.82, 2.24) is 0 Å². The summed E-state index contributed by atoms with van der Waals surface area (Å²) < 4.78 is 6.91. The van der Waals surface area contributed by atoms with Crippen LogP contribution in [0.1, 0.15) is 78.1 Å². The highest BCUT2D eigenvalue weighted by molar-refractivity contribution is 6.67. The maximum Gasteiger partial charge on any atom is 0.169 e. The van der Waals surface area contributed by atoms with Crippen molar-refractivity contribution in [2.75, 3.05) is 0 Å². The Labute approximate surface area is 124 Å². The molecule has 3 heteroatoms. The van der Waals surface area contributed by atoms with Crippen molar-refractivity contribution in [2.24, 2.45) is 0 Å². The van der Waals surface area contributed by atoms with E-state index in [1.165, 1.54) is 76.3 Å². The molecule has 0 N–H and O–H groups in total. The highest BCUT2D eigenvalue weighted by atomic mass is 28.4. The Kier molecular flexibility index (Phi) is 7.17. The summed E-state index contributed by atoms with van der Waals surface area (Å²) in [7, 11) is -1.76. The monoisotopic (exact) mass is 298 g/mol. The molecule has 0 unspecified atom stereocenters. The van der Waals surface area contributed by atoms with E-state index >= 15 is 0 Å². The van der Waals surface area contributed by atoms with Gasteiger partial charge in [-0.05, 0) is 23.2 Å². The molecule has 112 valence electrons. The second-order valence-corrected chi connectivity index (χ2v) is 13.6. The number of rotatable bonds is 6. The molecule has 0 radical (unpaired) electrons. The van der Waals surface area contributed by atoms with E-state index in [0.29, 0.717) is 0 Å². The van der Waals surface area contributed by atoms with Crippen LogP contribution < -0.4 is 0 Å². The summed E-state index contributed by atoms with van der Waals surface area (Å²) >= 11 is 0. The average Bonchev–Trinajstić information content (AvgIpc) is 2.50. The summed E-state index contributed by atoms with van der Waals surface area (Å²) in [4.78, 5) is 0. The summed E-state index contributed by atoms with van der Waals surface area (Å²) in [5, 5.41) is 0. The van der Waals surface area contributed by atoms with Gasteiger partial charge in [0.05, 0.1) is 0 Å². The molecule has 0 amide bonds. The van der Waals surface area contributed by atoms with E-state index < -0.39 is 18.1 Å². The minimum atomic E-state index is -0.928. The highest BCUT2D eigenvalue weighted by Gasteiger charge is 2.35. The molecule has 2 fully saturated rings. The maximum atomic E-state index is 6.91. The van der Waals surface area contributed by atoms with Gasteiger partial charge in [-0.2, -0.15) is 0 Å². The van der Waals surface area contributed by atoms with Gasteiger partial charge >= 0.3 is 0 Å². The van der Waals surface area contributed by atoms with E-state index in [-0.39, 0.29) is 0 Å². The fourth-order valence-electron chi connectivity index (χ4n) is 4.24. The molecule has 0 aromatic heterocycles. The van der Waals surface area contributed by atoms with E-state index in [0.717, 1.165) is 11.1 Å². The topological polar surface area (TPSA) is 9.23 Å². The third kappa shape index (κ3) is 4.71. The smallest absolute Gasteiger partial charge is 0.169 e. The van der Waals surface area contributed by atoms with Crippen LogP contribution in [0.3, 0.4) is 0 Å². The van der Waals surface area contributed by atoms with Crippen LogP contribution in [0, 0.1) is 0 Å². The third-order valence-corrected chi connectivity index (χ3v) is 13.3. The maximum absolute atomic E-state index is 6.91. The van der Waals surface area contributed by atoms with Crippen LogP contribution in [0.5, 0.6) is 0 Å². The Morgan fingerprint density at radius 1 is 0.737 bits per heavy atom. The van der Waals surface area contributed by atoms with Gasteiger partial charge in [-0.25, -0.2) is 0 Å². The normalized spacial score (nSPS) is 23.4. The molecule has 1 nitrogen and oxygen atoms in total. The zero-order valence-electron chi connectivity index (χ0n) is 13.2. The van der Waals surface area contributed by atoms with Crippen LogP contribution in [0.2, 0.25) is 23.2 Å². The van der Waals surface area contributed by atoms with E-state index in [1.807, 2.05) is 0 Å². The number of hydrogen-bond acceptors (Lipinski definition) is 1. The lowest BCUT2D eigenvalue weighted by molar-refractivity contribution is 0.408. The van der Waals surface area contributed by atoms with Crippen LogP contribution in [0.4, 0.5) is 0 Å². The predicted octanol–water partition coefficient (Wildman–Crippen LogP) is 5.16. The van der Waals surface area contributed by atoms with Crippen LogP contribution in [-0.4, -0.2) is 18.1 Å². The minimum absolute atomic E-state index is 0.830. The van der Waals surface area contributed by atoms with E-state index in [2.05, 4.69) is 13.8 Å². The molecule has 0 aliphatic heterocycles. The zero-order valence-corrected chi connectivity index (χ0v) is 15.5. The summed E-state index contributed by atoms with van der Waals surface area (Å²) in [6.45, 7) is 4.74. The van der Waals surface area contributed by atoms with Crippen molar-refractivity contribution in [3.05, 3.63) is 0 Å². The van der Waals surface area contributed by atoms with Gasteiger partial charge in [-0.1, -0.05) is 78.1 Å². The summed E-state index contributed by atoms with van der Waals surface area (Å²) in [6, 6.07) is 2.72. The van der Waals surface area contributed by atoms with Crippen molar-refractivity contribution in [3.8, 4) is 0 Å². The second-order valence-electron chi connectivity index (χ2n) is 6.84. The Hall–Kier alpha value is 0.394. The zero-order chi connectivity index (χ0) is 13.5. The van der Waals surface area contributed by atoms with Gasteiger partial charge < -0.3 is 4.12 Å². The van der Waals surface area contributed by atoms with Crippen molar-refractivity contribution < 1.29 is 4.12 Å². The van der Waals surface area contributed by atoms with Crippen molar-refractivity contribution in [1.29, 1.82) is 0 Å². The van der Waals surface area contributed by atoms with Crippen molar-refractivity contribution in [3.63, 3.8) is 0 Å². The fourth-order valence-corrected chi connectivity index (χ4v) is 12.9. The first kappa shape index (κ1) is 15.8. The first-order chi connectivity index (χ1) is 9.35. The molecule has 2 aliphatic carbocycles. The Morgan fingerprint density at radius 3 is 1.53 bits per heavy atom. The molecule has 0 heterocycles. The molecule has 0 spiro atoms. The van der Waals surface area contributed by atoms with Crippen LogP contribution in [0.15, 0.2) is 0 Å². The fraction of sp³-hybridized carbons (Fsp3) is 1.00. The molecule has 0 atom stereocenters. The molecular formula is C16H34OSi2. The summed E-state index contributed by atoms with van der Waals surface area (Å²) in [6.07, 6.45) is 15.0. The predicted molar refractivity (Wildman–Crippen MR) is 90.0 cm³/mol. The third-order valence-electron chi connectivity index (χ3n) is 5.49. The van der Waals surface area contributed by atoms with Gasteiger partial charge in [-0.15, -0.1) is 0 Å². The SMILES string of the molecule is CC[SiH](CC)O[SiH](C1CCCCC1)C1CCCCC1. The molecule has 0 aromatic carbocycles. The van der Waals surface area contributed by atoms with Gasteiger partial charge in [0.2, 0.25) is 0 Å². The van der Waals surface area contributed by atoms with Crippen LogP contribution in [0.25, 0.3) is 0 Å². The first-order valence-corrected chi connectivity index (χ1v) is 12.9. The average molecular weight is 299 g/mol. The van der Waals surface area contributed by atoms with E-state index in [1.54, 1.807) is 0 Å². The van der Waals surface area contributed by atoms with Crippen LogP contribution >= 0.6 is 0 Å². The quantitative estimate of drug-likeness (QED) is 0.616. The van der Waals surface area contributed by atoms with Crippen molar-refractivity contribution in [2.45, 2.75) is 101 Å². The lowest BCUT2D eigenvalue weighted by atomic mass is 9.99. The van der Waals surface area contributed by atoms with E-state index in [9.17, 15) is 0 Å². The lowest BCUT2D eigenvalue weighted by Crippen LogP contribution is -2.38. The van der Waals surface area contributed by atoms with Gasteiger partial charge in [0.1, 0.15) is 0 Å². The highest BCUT2D eigenvalue weighted by Crippen LogP contribution is 2.42. The summed E-state index contributed by atoms with van der Waals surface area (Å²) in [5.74, 6) is 0. The largest absolute Gasteiger partial charge is 0.459 e. The van der Waals surface area contributed by atoms with Gasteiger partial charge in [0, 0.05) is 0 Å². The van der Waals surface area contributed by atoms with Crippen LogP contribution in [-0.2, 0) is 4.12 Å². The molecule has 2 aliphatic rings. The minimum Gasteiger partial charge on any atom is -0.459 e. The standard InChI is InChI=1S/C16H34OSi2/c1-3-18(4-2)17-19(15-11-7-5-8-12-15)16-13-9-6-10-14-16/h15-16,18-19H,3-14H2,1-2H3.